The van der Waals surface area contributed by atoms with Crippen molar-refractivity contribution in [1.29, 1.82) is 0 Å². The van der Waals surface area contributed by atoms with Crippen molar-refractivity contribution in [1.82, 2.24) is 14.9 Å². The molecular formula is C18H19N3O2S2. The van der Waals surface area contributed by atoms with Gasteiger partial charge in [-0.3, -0.25) is 14.2 Å². The minimum absolute atomic E-state index is 0.0115. The normalized spacial score (nSPS) is 15.4. The maximum atomic E-state index is 12.9. The van der Waals surface area contributed by atoms with Gasteiger partial charge in [-0.2, -0.15) is 0 Å². The predicted octanol–water partition coefficient (Wildman–Crippen LogP) is 3.41. The van der Waals surface area contributed by atoms with Crippen LogP contribution in [0.25, 0.3) is 20.7 Å². The first-order chi connectivity index (χ1) is 12.0. The number of hydrogen-bond acceptors (Lipinski definition) is 5. The molecule has 0 spiro atoms. The molecule has 1 atom stereocenters. The highest BCUT2D eigenvalue weighted by Gasteiger charge is 2.29. The average Bonchev–Trinajstić information content (AvgIpc) is 3.20. The number of nitrogens with one attached hydrogen (secondary N) is 1. The maximum absolute atomic E-state index is 12.9. The first kappa shape index (κ1) is 16.5. The molecule has 0 radical (unpaired) electrons. The number of aromatic nitrogens is 2. The summed E-state index contributed by atoms with van der Waals surface area (Å²) in [4.78, 5) is 32.5. The Morgan fingerprint density at radius 3 is 2.92 bits per heavy atom. The molecule has 1 saturated carbocycles. The summed E-state index contributed by atoms with van der Waals surface area (Å²) in [6, 6.07) is 4.25. The second kappa shape index (κ2) is 6.38. The molecule has 130 valence electrons. The van der Waals surface area contributed by atoms with Gasteiger partial charge in [0, 0.05) is 26.7 Å². The van der Waals surface area contributed by atoms with Crippen LogP contribution in [0.1, 0.15) is 24.6 Å². The van der Waals surface area contributed by atoms with E-state index in [2.05, 4.69) is 10.3 Å². The number of carbonyl (C=O) groups excluding carboxylic acids is 1. The van der Waals surface area contributed by atoms with E-state index in [-0.39, 0.29) is 24.1 Å². The summed E-state index contributed by atoms with van der Waals surface area (Å²) in [6.07, 6.45) is 3.83. The van der Waals surface area contributed by atoms with Gasteiger partial charge in [0.1, 0.15) is 11.4 Å². The largest absolute Gasteiger partial charge is 0.352 e. The molecule has 0 unspecified atom stereocenters. The van der Waals surface area contributed by atoms with E-state index in [0.29, 0.717) is 16.1 Å². The van der Waals surface area contributed by atoms with Gasteiger partial charge in [0.2, 0.25) is 5.91 Å². The van der Waals surface area contributed by atoms with Gasteiger partial charge in [0.05, 0.1) is 11.7 Å². The second-order valence-electron chi connectivity index (χ2n) is 6.61. The zero-order valence-corrected chi connectivity index (χ0v) is 15.7. The minimum Gasteiger partial charge on any atom is -0.352 e. The van der Waals surface area contributed by atoms with Crippen LogP contribution in [-0.4, -0.2) is 21.5 Å². The van der Waals surface area contributed by atoms with E-state index in [1.165, 1.54) is 39.9 Å². The van der Waals surface area contributed by atoms with Crippen molar-refractivity contribution in [3.05, 3.63) is 39.1 Å². The number of amides is 1. The molecule has 4 rings (SSSR count). The maximum Gasteiger partial charge on any atom is 0.263 e. The lowest BCUT2D eigenvalue weighted by Crippen LogP contribution is -2.38. The Labute approximate surface area is 153 Å². The number of fused-ring (bicyclic) bond motifs is 1. The molecule has 0 aromatic carbocycles. The Morgan fingerprint density at radius 1 is 1.44 bits per heavy atom. The van der Waals surface area contributed by atoms with E-state index in [4.69, 9.17) is 0 Å². The third kappa shape index (κ3) is 3.26. The Bertz CT molecular complexity index is 997. The highest BCUT2D eigenvalue weighted by molar-refractivity contribution is 7.19. The molecule has 1 N–H and O–H groups in total. The number of aryl methyl sites for hydroxylation is 1. The highest BCUT2D eigenvalue weighted by Crippen LogP contribution is 2.35. The molecule has 3 aromatic heterocycles. The molecule has 1 aliphatic carbocycles. The molecule has 0 saturated heterocycles. The van der Waals surface area contributed by atoms with Crippen LogP contribution in [0.15, 0.2) is 28.6 Å². The summed E-state index contributed by atoms with van der Waals surface area (Å²) < 4.78 is 1.41. The fourth-order valence-electron chi connectivity index (χ4n) is 3.01. The van der Waals surface area contributed by atoms with E-state index in [1.807, 2.05) is 31.4 Å². The molecule has 0 aliphatic heterocycles. The fourth-order valence-corrected chi connectivity index (χ4v) is 4.87. The first-order valence-electron chi connectivity index (χ1n) is 8.35. The van der Waals surface area contributed by atoms with Crippen LogP contribution in [-0.2, 0) is 11.3 Å². The average molecular weight is 374 g/mol. The topological polar surface area (TPSA) is 64.0 Å². The lowest BCUT2D eigenvalue weighted by molar-refractivity contribution is -0.122. The lowest BCUT2D eigenvalue weighted by atomic mass is 10.2. The van der Waals surface area contributed by atoms with Gasteiger partial charge in [-0.15, -0.1) is 22.7 Å². The van der Waals surface area contributed by atoms with Crippen LogP contribution < -0.4 is 10.9 Å². The summed E-state index contributed by atoms with van der Waals surface area (Å²) in [5.74, 6) is 0.457. The Kier molecular flexibility index (Phi) is 4.21. The van der Waals surface area contributed by atoms with Crippen LogP contribution in [0.2, 0.25) is 0 Å². The fraction of sp³-hybridized carbons (Fsp3) is 0.389. The van der Waals surface area contributed by atoms with Crippen LogP contribution in [0, 0.1) is 12.8 Å². The van der Waals surface area contributed by atoms with Crippen molar-refractivity contribution in [2.45, 2.75) is 39.3 Å². The smallest absolute Gasteiger partial charge is 0.263 e. The number of carbonyl (C=O) groups is 1. The molecule has 5 nitrogen and oxygen atoms in total. The molecule has 0 bridgehead atoms. The zero-order chi connectivity index (χ0) is 17.6. The van der Waals surface area contributed by atoms with Crippen LogP contribution in [0.3, 0.4) is 0 Å². The van der Waals surface area contributed by atoms with Crippen molar-refractivity contribution in [2.75, 3.05) is 0 Å². The van der Waals surface area contributed by atoms with Gasteiger partial charge < -0.3 is 5.32 Å². The van der Waals surface area contributed by atoms with E-state index in [1.54, 1.807) is 11.3 Å². The third-order valence-corrected chi connectivity index (χ3v) is 6.52. The van der Waals surface area contributed by atoms with Crippen molar-refractivity contribution >= 4 is 38.8 Å². The second-order valence-corrected chi connectivity index (χ2v) is 8.76. The SMILES string of the molecule is Cc1ccc(-c2csc3ncn(CC(=O)N[C@@H](C)C4CC4)c(=O)c23)s1. The van der Waals surface area contributed by atoms with Gasteiger partial charge >= 0.3 is 0 Å². The van der Waals surface area contributed by atoms with Gasteiger partial charge in [0.15, 0.2) is 0 Å². The van der Waals surface area contributed by atoms with Crippen molar-refractivity contribution in [3.8, 4) is 10.4 Å². The quantitative estimate of drug-likeness (QED) is 0.745. The number of rotatable bonds is 5. The van der Waals surface area contributed by atoms with Crippen molar-refractivity contribution in [2.24, 2.45) is 5.92 Å². The van der Waals surface area contributed by atoms with Crippen LogP contribution in [0.5, 0.6) is 0 Å². The van der Waals surface area contributed by atoms with Crippen molar-refractivity contribution < 1.29 is 4.79 Å². The zero-order valence-electron chi connectivity index (χ0n) is 14.1. The van der Waals surface area contributed by atoms with Gasteiger partial charge in [0.25, 0.3) is 5.56 Å². The van der Waals surface area contributed by atoms with Gasteiger partial charge in [-0.25, -0.2) is 4.98 Å². The summed E-state index contributed by atoms with van der Waals surface area (Å²) >= 11 is 3.12. The van der Waals surface area contributed by atoms with E-state index < -0.39 is 0 Å². The van der Waals surface area contributed by atoms with E-state index in [0.717, 1.165) is 10.4 Å². The van der Waals surface area contributed by atoms with Crippen molar-refractivity contribution in [3.63, 3.8) is 0 Å². The minimum atomic E-state index is -0.151. The summed E-state index contributed by atoms with van der Waals surface area (Å²) in [5.41, 5.74) is 0.762. The number of nitrogens with zero attached hydrogens (tertiary/aromatic N) is 2. The van der Waals surface area contributed by atoms with Gasteiger partial charge in [-0.1, -0.05) is 0 Å². The molecule has 3 heterocycles. The molecule has 1 aliphatic rings. The summed E-state index contributed by atoms with van der Waals surface area (Å²) in [6.45, 7) is 4.08. The summed E-state index contributed by atoms with van der Waals surface area (Å²) in [5, 5.41) is 5.57. The molecule has 1 amide bonds. The monoisotopic (exact) mass is 373 g/mol. The lowest BCUT2D eigenvalue weighted by Gasteiger charge is -2.13. The number of hydrogen-bond donors (Lipinski definition) is 1. The summed E-state index contributed by atoms with van der Waals surface area (Å²) in [7, 11) is 0. The number of thiophene rings is 2. The molecular weight excluding hydrogens is 354 g/mol. The highest BCUT2D eigenvalue weighted by atomic mass is 32.1. The van der Waals surface area contributed by atoms with E-state index >= 15 is 0 Å². The molecule has 25 heavy (non-hydrogen) atoms. The molecule has 7 heteroatoms. The third-order valence-electron chi connectivity index (χ3n) is 4.60. The standard InChI is InChI=1S/C18H19N3O2S2/c1-10-3-6-14(25-10)13-8-24-17-16(13)18(23)21(9-19-17)7-15(22)20-11(2)12-4-5-12/h3,6,8-9,11-12H,4-5,7H2,1-2H3,(H,20,22)/t11-/m0/s1. The molecule has 1 fully saturated rings. The van der Waals surface area contributed by atoms with Crippen LogP contribution >= 0.6 is 22.7 Å². The van der Waals surface area contributed by atoms with E-state index in [9.17, 15) is 9.59 Å². The first-order valence-corrected chi connectivity index (χ1v) is 10.1. The Hall–Kier alpha value is -1.99. The van der Waals surface area contributed by atoms with Crippen LogP contribution in [0.4, 0.5) is 0 Å². The molecule has 3 aromatic rings. The Morgan fingerprint density at radius 2 is 2.24 bits per heavy atom. The Balaban J connectivity index is 1.65. The predicted molar refractivity (Wildman–Crippen MR) is 102 cm³/mol. The van der Waals surface area contributed by atoms with Gasteiger partial charge in [-0.05, 0) is 44.7 Å².